The molecule has 2 rings (SSSR count). The van der Waals surface area contributed by atoms with E-state index >= 15 is 0 Å². The highest BCUT2D eigenvalue weighted by molar-refractivity contribution is 7.89. The Hall–Kier alpha value is -3.77. The van der Waals surface area contributed by atoms with E-state index in [1.807, 2.05) is 0 Å². The van der Waals surface area contributed by atoms with Crippen LogP contribution < -0.4 is 4.72 Å². The maximum Gasteiger partial charge on any atom is 0.339 e. The van der Waals surface area contributed by atoms with Crippen molar-refractivity contribution in [3.8, 4) is 5.75 Å². The molecule has 2 aromatic carbocycles. The summed E-state index contributed by atoms with van der Waals surface area (Å²) >= 11 is 0. The molecule has 12 heteroatoms. The predicted molar refractivity (Wildman–Crippen MR) is 124 cm³/mol. The number of carboxylic acid groups (broad SMARTS) is 2. The van der Waals surface area contributed by atoms with E-state index in [0.29, 0.717) is 24.7 Å². The largest absolute Gasteiger partial charge is 0.507 e. The molecule has 35 heavy (non-hydrogen) atoms. The standard InChI is InChI=1S/C23H26N2O9S/c26-13-12-25(15-21(28)29)22(30)18(16-6-2-1-3-7-16)8-4-5-11-24-35(33,34)17-9-10-20(27)19(14-17)23(31)32/h1-3,6-7,9-10,13-14,18,24,27H,4-5,8,11-12,15H2,(H,28,29)(H,31,32). The summed E-state index contributed by atoms with van der Waals surface area (Å²) < 4.78 is 27.3. The summed E-state index contributed by atoms with van der Waals surface area (Å²) in [7, 11) is -4.04. The molecule has 1 atom stereocenters. The maximum absolute atomic E-state index is 13.0. The second-order valence-electron chi connectivity index (χ2n) is 7.62. The summed E-state index contributed by atoms with van der Waals surface area (Å²) in [6.07, 6.45) is 1.46. The molecule has 0 aliphatic rings. The molecule has 0 spiro atoms. The number of carbonyl (C=O) groups is 4. The Morgan fingerprint density at radius 1 is 1.03 bits per heavy atom. The summed E-state index contributed by atoms with van der Waals surface area (Å²) in [6.45, 7) is -0.987. The number of aliphatic carboxylic acids is 1. The molecule has 0 saturated carbocycles. The van der Waals surface area contributed by atoms with Crippen LogP contribution in [0.2, 0.25) is 0 Å². The predicted octanol–water partition coefficient (Wildman–Crippen LogP) is 1.43. The monoisotopic (exact) mass is 506 g/mol. The number of aromatic hydroxyl groups is 1. The van der Waals surface area contributed by atoms with E-state index in [0.717, 1.165) is 23.1 Å². The minimum atomic E-state index is -4.04. The first-order valence-electron chi connectivity index (χ1n) is 10.6. The second kappa shape index (κ2) is 12.6. The number of hydrogen-bond donors (Lipinski definition) is 4. The van der Waals surface area contributed by atoms with Crippen molar-refractivity contribution in [2.75, 3.05) is 19.6 Å². The summed E-state index contributed by atoms with van der Waals surface area (Å²) in [5.74, 6) is -4.51. The van der Waals surface area contributed by atoms with Gasteiger partial charge in [-0.3, -0.25) is 9.59 Å². The molecule has 0 aromatic heterocycles. The number of phenols is 1. The van der Waals surface area contributed by atoms with Gasteiger partial charge in [-0.25, -0.2) is 17.9 Å². The van der Waals surface area contributed by atoms with Gasteiger partial charge >= 0.3 is 11.9 Å². The number of nitrogens with one attached hydrogen (secondary N) is 1. The van der Waals surface area contributed by atoms with Crippen LogP contribution in [0.4, 0.5) is 0 Å². The molecule has 4 N–H and O–H groups in total. The third kappa shape index (κ3) is 7.90. The van der Waals surface area contributed by atoms with Crippen LogP contribution in [0, 0.1) is 0 Å². The van der Waals surface area contributed by atoms with Crippen molar-refractivity contribution in [1.82, 2.24) is 9.62 Å². The minimum Gasteiger partial charge on any atom is -0.507 e. The van der Waals surface area contributed by atoms with Crippen molar-refractivity contribution in [3.05, 3.63) is 59.7 Å². The first-order valence-corrected chi connectivity index (χ1v) is 12.1. The van der Waals surface area contributed by atoms with Gasteiger partial charge in [0.15, 0.2) is 0 Å². The molecule has 0 fully saturated rings. The lowest BCUT2D eigenvalue weighted by molar-refractivity contribution is -0.145. The summed E-state index contributed by atoms with van der Waals surface area (Å²) in [5.41, 5.74) is 0.1000. The van der Waals surface area contributed by atoms with Gasteiger partial charge in [0.2, 0.25) is 15.9 Å². The molecule has 0 bridgehead atoms. The molecule has 11 nitrogen and oxygen atoms in total. The number of carbonyl (C=O) groups excluding carboxylic acids is 2. The normalized spacial score (nSPS) is 12.0. The van der Waals surface area contributed by atoms with Crippen molar-refractivity contribution in [2.24, 2.45) is 0 Å². The van der Waals surface area contributed by atoms with Crippen molar-refractivity contribution < 1.29 is 42.9 Å². The lowest BCUT2D eigenvalue weighted by Gasteiger charge is -2.25. The van der Waals surface area contributed by atoms with Crippen molar-refractivity contribution in [1.29, 1.82) is 0 Å². The number of carboxylic acids is 2. The number of rotatable bonds is 14. The SMILES string of the molecule is O=CCN(CC(=O)O)C(=O)C(CCCCNS(=O)(=O)c1ccc(O)c(C(=O)O)c1)c1ccccc1. The zero-order valence-corrected chi connectivity index (χ0v) is 19.5. The molecule has 1 unspecified atom stereocenters. The molecule has 188 valence electrons. The van der Waals surface area contributed by atoms with Crippen molar-refractivity contribution >= 4 is 34.2 Å². The third-order valence-electron chi connectivity index (χ3n) is 5.15. The Morgan fingerprint density at radius 2 is 1.71 bits per heavy atom. The Kier molecular flexibility index (Phi) is 9.91. The molecule has 2 aromatic rings. The number of nitrogens with zero attached hydrogens (tertiary/aromatic N) is 1. The fourth-order valence-corrected chi connectivity index (χ4v) is 4.54. The lowest BCUT2D eigenvalue weighted by Crippen LogP contribution is -2.40. The highest BCUT2D eigenvalue weighted by Crippen LogP contribution is 2.25. The molecule has 0 aliphatic carbocycles. The Bertz CT molecular complexity index is 1170. The molecular formula is C23H26N2O9S. The highest BCUT2D eigenvalue weighted by atomic mass is 32.2. The van der Waals surface area contributed by atoms with Gasteiger partial charge in [-0.15, -0.1) is 0 Å². The number of amides is 1. The number of aldehydes is 1. The van der Waals surface area contributed by atoms with Gasteiger partial charge in [0.05, 0.1) is 17.4 Å². The summed E-state index contributed by atoms with van der Waals surface area (Å²) in [4.78, 5) is 46.8. The third-order valence-corrected chi connectivity index (χ3v) is 6.61. The lowest BCUT2D eigenvalue weighted by atomic mass is 9.92. The second-order valence-corrected chi connectivity index (χ2v) is 9.39. The van der Waals surface area contributed by atoms with E-state index in [2.05, 4.69) is 4.72 Å². The van der Waals surface area contributed by atoms with E-state index in [9.17, 15) is 32.7 Å². The van der Waals surface area contributed by atoms with Gasteiger partial charge in [-0.1, -0.05) is 36.8 Å². The molecule has 0 heterocycles. The average molecular weight is 507 g/mol. The fourth-order valence-electron chi connectivity index (χ4n) is 3.44. The number of hydrogen-bond acceptors (Lipinski definition) is 7. The quantitative estimate of drug-likeness (QED) is 0.218. The Balaban J connectivity index is 2.04. The fraction of sp³-hybridized carbons (Fsp3) is 0.304. The minimum absolute atomic E-state index is 0.00546. The molecule has 0 aliphatic heterocycles. The van der Waals surface area contributed by atoms with E-state index in [1.165, 1.54) is 0 Å². The first kappa shape index (κ1) is 27.5. The molecule has 0 radical (unpaired) electrons. The highest BCUT2D eigenvalue weighted by Gasteiger charge is 2.27. The maximum atomic E-state index is 13.0. The Morgan fingerprint density at radius 3 is 2.31 bits per heavy atom. The first-order chi connectivity index (χ1) is 16.6. The van der Waals surface area contributed by atoms with Crippen LogP contribution in [0.15, 0.2) is 53.4 Å². The van der Waals surface area contributed by atoms with E-state index in [4.69, 9.17) is 10.2 Å². The van der Waals surface area contributed by atoms with Crippen LogP contribution in [0.25, 0.3) is 0 Å². The zero-order chi connectivity index (χ0) is 26.0. The molecule has 0 saturated heterocycles. The van der Waals surface area contributed by atoms with Crippen molar-refractivity contribution in [2.45, 2.75) is 30.1 Å². The van der Waals surface area contributed by atoms with Gasteiger partial charge in [-0.2, -0.15) is 0 Å². The molecular weight excluding hydrogens is 480 g/mol. The topological polar surface area (TPSA) is 178 Å². The van der Waals surface area contributed by atoms with Crippen LogP contribution in [0.1, 0.15) is 41.1 Å². The van der Waals surface area contributed by atoms with Crippen molar-refractivity contribution in [3.63, 3.8) is 0 Å². The average Bonchev–Trinajstić information content (AvgIpc) is 2.81. The van der Waals surface area contributed by atoms with Gasteiger partial charge in [0, 0.05) is 6.54 Å². The Labute approximate surface area is 202 Å². The van der Waals surface area contributed by atoms with E-state index in [1.54, 1.807) is 30.3 Å². The van der Waals surface area contributed by atoms with Gasteiger partial charge in [-0.05, 0) is 36.6 Å². The van der Waals surface area contributed by atoms with Crippen LogP contribution in [-0.4, -0.2) is 72.4 Å². The van der Waals surface area contributed by atoms with Crippen LogP contribution in [-0.2, 0) is 24.4 Å². The van der Waals surface area contributed by atoms with Crippen LogP contribution in [0.5, 0.6) is 5.75 Å². The van der Waals surface area contributed by atoms with E-state index in [-0.39, 0.29) is 24.4 Å². The van der Waals surface area contributed by atoms with Gasteiger partial charge in [0.25, 0.3) is 0 Å². The van der Waals surface area contributed by atoms with Crippen LogP contribution >= 0.6 is 0 Å². The zero-order valence-electron chi connectivity index (χ0n) is 18.7. The van der Waals surface area contributed by atoms with Gasteiger partial charge in [0.1, 0.15) is 24.1 Å². The smallest absolute Gasteiger partial charge is 0.339 e. The number of aromatic carboxylic acids is 1. The number of sulfonamides is 1. The summed E-state index contributed by atoms with van der Waals surface area (Å²) in [6, 6.07) is 11.6. The van der Waals surface area contributed by atoms with E-state index < -0.39 is 51.6 Å². The molecule has 1 amide bonds. The van der Waals surface area contributed by atoms with Gasteiger partial charge < -0.3 is 25.0 Å². The number of unbranched alkanes of at least 4 members (excludes halogenated alkanes) is 1. The number of benzene rings is 2. The summed E-state index contributed by atoms with van der Waals surface area (Å²) in [5, 5.41) is 27.7. The van der Waals surface area contributed by atoms with Crippen LogP contribution in [0.3, 0.4) is 0 Å².